The van der Waals surface area contributed by atoms with Gasteiger partial charge in [0.25, 0.3) is 0 Å². The average molecular weight is 284 g/mol. The summed E-state index contributed by atoms with van der Waals surface area (Å²) in [6, 6.07) is 0.763. The molecule has 2 aliphatic carbocycles. The van der Waals surface area contributed by atoms with Crippen molar-refractivity contribution in [3.05, 3.63) is 0 Å². The van der Waals surface area contributed by atoms with Crippen LogP contribution in [0, 0.1) is 5.41 Å². The molecule has 4 heteroatoms. The molecule has 0 unspecified atom stereocenters. The quantitative estimate of drug-likeness (QED) is 0.560. The van der Waals surface area contributed by atoms with Crippen LogP contribution in [0.3, 0.4) is 0 Å². The van der Waals surface area contributed by atoms with E-state index >= 15 is 0 Å². The zero-order chi connectivity index (χ0) is 14.3. The van der Waals surface area contributed by atoms with Crippen LogP contribution in [0.15, 0.2) is 0 Å². The fourth-order valence-corrected chi connectivity index (χ4v) is 3.54. The lowest BCUT2D eigenvalue weighted by Gasteiger charge is -2.38. The van der Waals surface area contributed by atoms with Crippen molar-refractivity contribution in [1.29, 1.82) is 0 Å². The normalized spacial score (nSPS) is 22.9. The summed E-state index contributed by atoms with van der Waals surface area (Å²) in [6.07, 6.45) is 10.7. The van der Waals surface area contributed by atoms with E-state index in [2.05, 4.69) is 10.2 Å². The first kappa shape index (κ1) is 16.2. The largest absolute Gasteiger partial charge is 0.395 e. The monoisotopic (exact) mass is 284 g/mol. The summed E-state index contributed by atoms with van der Waals surface area (Å²) in [5.41, 5.74) is 0.351. The van der Waals surface area contributed by atoms with Crippen molar-refractivity contribution in [2.75, 3.05) is 39.4 Å². The molecule has 0 aromatic rings. The molecule has 0 bridgehead atoms. The first-order valence-electron chi connectivity index (χ1n) is 8.45. The van der Waals surface area contributed by atoms with Gasteiger partial charge in [-0.3, -0.25) is 4.90 Å². The number of aliphatic hydroxyl groups excluding tert-OH is 2. The number of hydrogen-bond donors (Lipinski definition) is 3. The fraction of sp³-hybridized carbons (Fsp3) is 1.00. The van der Waals surface area contributed by atoms with Crippen LogP contribution in [0.25, 0.3) is 0 Å². The highest BCUT2D eigenvalue weighted by Crippen LogP contribution is 2.36. The van der Waals surface area contributed by atoms with Crippen LogP contribution in [0.4, 0.5) is 0 Å². The number of nitrogens with zero attached hydrogens (tertiary/aromatic N) is 1. The lowest BCUT2D eigenvalue weighted by molar-refractivity contribution is 0.0916. The van der Waals surface area contributed by atoms with Gasteiger partial charge in [-0.2, -0.15) is 0 Å². The molecule has 2 rings (SSSR count). The minimum atomic E-state index is 0.187. The number of aliphatic hydroxyl groups is 2. The van der Waals surface area contributed by atoms with Crippen LogP contribution in [0.2, 0.25) is 0 Å². The molecular formula is C16H32N2O2. The smallest absolute Gasteiger partial charge is 0.0558 e. The molecule has 2 aliphatic rings. The van der Waals surface area contributed by atoms with Crippen LogP contribution in [0.5, 0.6) is 0 Å². The van der Waals surface area contributed by atoms with Gasteiger partial charge >= 0.3 is 0 Å². The topological polar surface area (TPSA) is 55.7 Å². The molecule has 0 saturated heterocycles. The Morgan fingerprint density at radius 1 is 0.950 bits per heavy atom. The number of nitrogens with one attached hydrogen (secondary N) is 1. The second-order valence-corrected chi connectivity index (χ2v) is 6.79. The Balaban J connectivity index is 1.94. The van der Waals surface area contributed by atoms with Crippen LogP contribution < -0.4 is 5.32 Å². The van der Waals surface area contributed by atoms with E-state index in [-0.39, 0.29) is 13.2 Å². The van der Waals surface area contributed by atoms with Gasteiger partial charge in [-0.25, -0.2) is 0 Å². The number of rotatable bonds is 9. The Morgan fingerprint density at radius 3 is 2.05 bits per heavy atom. The molecule has 2 fully saturated rings. The summed E-state index contributed by atoms with van der Waals surface area (Å²) in [6.45, 7) is 3.88. The molecule has 0 heterocycles. The van der Waals surface area contributed by atoms with E-state index in [0.29, 0.717) is 18.5 Å². The molecule has 20 heavy (non-hydrogen) atoms. The van der Waals surface area contributed by atoms with E-state index < -0.39 is 0 Å². The third-order valence-electron chi connectivity index (χ3n) is 4.90. The van der Waals surface area contributed by atoms with Crippen LogP contribution >= 0.6 is 0 Å². The third kappa shape index (κ3) is 5.32. The molecule has 0 aliphatic heterocycles. The summed E-state index contributed by atoms with van der Waals surface area (Å²) in [5.74, 6) is 0. The highest BCUT2D eigenvalue weighted by molar-refractivity contribution is 4.90. The van der Waals surface area contributed by atoms with E-state index in [1.54, 1.807) is 0 Å². The predicted molar refractivity (Wildman–Crippen MR) is 81.8 cm³/mol. The van der Waals surface area contributed by atoms with E-state index in [1.807, 2.05) is 0 Å². The van der Waals surface area contributed by atoms with Gasteiger partial charge in [0, 0.05) is 32.2 Å². The van der Waals surface area contributed by atoms with Crippen LogP contribution in [0.1, 0.15) is 51.4 Å². The molecule has 0 aromatic heterocycles. The molecular weight excluding hydrogens is 252 g/mol. The summed E-state index contributed by atoms with van der Waals surface area (Å²) in [7, 11) is 0. The summed E-state index contributed by atoms with van der Waals surface area (Å²) >= 11 is 0. The van der Waals surface area contributed by atoms with Crippen molar-refractivity contribution < 1.29 is 10.2 Å². The van der Waals surface area contributed by atoms with Gasteiger partial charge in [-0.1, -0.05) is 25.7 Å². The Kier molecular flexibility index (Phi) is 6.75. The lowest BCUT2D eigenvalue weighted by atomic mass is 9.79. The number of hydrogen-bond acceptors (Lipinski definition) is 4. The molecule has 118 valence electrons. The highest BCUT2D eigenvalue weighted by Gasteiger charge is 2.34. The zero-order valence-electron chi connectivity index (χ0n) is 12.8. The molecule has 0 atom stereocenters. The molecule has 0 spiro atoms. The molecule has 2 saturated carbocycles. The van der Waals surface area contributed by atoms with Gasteiger partial charge in [-0.05, 0) is 31.1 Å². The van der Waals surface area contributed by atoms with Crippen molar-refractivity contribution in [2.24, 2.45) is 5.41 Å². The standard InChI is InChI=1S/C16H32N2O2/c19-11-9-18(10-12-20)14-16(13-17-15-5-6-15)7-3-1-2-4-8-16/h15,17,19-20H,1-14H2. The minimum absolute atomic E-state index is 0.187. The van der Waals surface area contributed by atoms with Crippen molar-refractivity contribution >= 4 is 0 Å². The fourth-order valence-electron chi connectivity index (χ4n) is 3.54. The molecule has 0 radical (unpaired) electrons. The SMILES string of the molecule is OCCN(CCO)CC1(CNC2CC2)CCCCCC1. The molecule has 0 aromatic carbocycles. The van der Waals surface area contributed by atoms with E-state index in [9.17, 15) is 10.2 Å². The van der Waals surface area contributed by atoms with Crippen molar-refractivity contribution in [2.45, 2.75) is 57.4 Å². The first-order valence-corrected chi connectivity index (χ1v) is 8.45. The zero-order valence-corrected chi connectivity index (χ0v) is 12.8. The molecule has 4 nitrogen and oxygen atoms in total. The van der Waals surface area contributed by atoms with Crippen LogP contribution in [-0.4, -0.2) is 60.5 Å². The molecule has 3 N–H and O–H groups in total. The van der Waals surface area contributed by atoms with Gasteiger partial charge in [-0.15, -0.1) is 0 Å². The highest BCUT2D eigenvalue weighted by atomic mass is 16.3. The van der Waals surface area contributed by atoms with E-state index in [4.69, 9.17) is 0 Å². The molecule has 0 amide bonds. The first-order chi connectivity index (χ1) is 9.78. The second kappa shape index (κ2) is 8.32. The van der Waals surface area contributed by atoms with Gasteiger partial charge in [0.1, 0.15) is 0 Å². The van der Waals surface area contributed by atoms with Gasteiger partial charge in [0.2, 0.25) is 0 Å². The Labute approximate surface area is 123 Å². The minimum Gasteiger partial charge on any atom is -0.395 e. The van der Waals surface area contributed by atoms with Crippen molar-refractivity contribution in [1.82, 2.24) is 10.2 Å². The van der Waals surface area contributed by atoms with Crippen LogP contribution in [-0.2, 0) is 0 Å². The second-order valence-electron chi connectivity index (χ2n) is 6.79. The van der Waals surface area contributed by atoms with E-state index in [0.717, 1.165) is 19.1 Å². The van der Waals surface area contributed by atoms with Gasteiger partial charge in [0.15, 0.2) is 0 Å². The van der Waals surface area contributed by atoms with Crippen molar-refractivity contribution in [3.63, 3.8) is 0 Å². The Bertz CT molecular complexity index is 255. The summed E-state index contributed by atoms with van der Waals surface area (Å²) in [4.78, 5) is 2.25. The van der Waals surface area contributed by atoms with E-state index in [1.165, 1.54) is 51.4 Å². The summed E-state index contributed by atoms with van der Waals surface area (Å²) < 4.78 is 0. The van der Waals surface area contributed by atoms with Gasteiger partial charge in [0.05, 0.1) is 13.2 Å². The average Bonchev–Trinajstić information content (AvgIpc) is 3.25. The Hall–Kier alpha value is -0.160. The maximum absolute atomic E-state index is 9.22. The van der Waals surface area contributed by atoms with Gasteiger partial charge < -0.3 is 15.5 Å². The maximum Gasteiger partial charge on any atom is 0.0558 e. The predicted octanol–water partition coefficient (Wildman–Crippen LogP) is 1.37. The lowest BCUT2D eigenvalue weighted by Crippen LogP contribution is -2.46. The third-order valence-corrected chi connectivity index (χ3v) is 4.90. The van der Waals surface area contributed by atoms with Crippen molar-refractivity contribution in [3.8, 4) is 0 Å². The summed E-state index contributed by atoms with van der Waals surface area (Å²) in [5, 5.41) is 22.2. The maximum atomic E-state index is 9.22. The Morgan fingerprint density at radius 2 is 1.55 bits per heavy atom.